The fraction of sp³-hybridized carbons (Fsp3) is 0.125. The fourth-order valence-corrected chi connectivity index (χ4v) is 3.12. The Labute approximate surface area is 154 Å². The average Bonchev–Trinajstić information content (AvgIpc) is 2.68. The monoisotopic (exact) mass is 342 g/mol. The largest absolute Gasteiger partial charge is 0.496 e. The standard InChI is InChI=1S/C24H22O2/c1-17-14-22(16-25)24(26-3)15-21(17)13-12-19-10-7-11-23(18(19)2)20-8-5-4-6-9-20/h4-16H,1-3H3/b13-12+. The Bertz CT molecular complexity index is 953. The maximum atomic E-state index is 11.1. The second kappa shape index (κ2) is 7.83. The molecule has 0 unspecified atom stereocenters. The molecule has 0 heterocycles. The molecule has 0 saturated heterocycles. The van der Waals surface area contributed by atoms with Crippen molar-refractivity contribution in [3.63, 3.8) is 0 Å². The number of carbonyl (C=O) groups is 1. The van der Waals surface area contributed by atoms with Gasteiger partial charge in [-0.05, 0) is 59.4 Å². The van der Waals surface area contributed by atoms with Crippen LogP contribution in [0.1, 0.15) is 32.6 Å². The minimum Gasteiger partial charge on any atom is -0.496 e. The third kappa shape index (κ3) is 3.60. The highest BCUT2D eigenvalue weighted by Gasteiger charge is 2.07. The van der Waals surface area contributed by atoms with Gasteiger partial charge in [0.1, 0.15) is 5.75 Å². The average molecular weight is 342 g/mol. The van der Waals surface area contributed by atoms with Crippen LogP contribution in [0.15, 0.2) is 60.7 Å². The van der Waals surface area contributed by atoms with Crippen LogP contribution in [0.25, 0.3) is 23.3 Å². The highest BCUT2D eigenvalue weighted by molar-refractivity contribution is 5.83. The Morgan fingerprint density at radius 3 is 2.23 bits per heavy atom. The second-order valence-corrected chi connectivity index (χ2v) is 6.29. The van der Waals surface area contributed by atoms with Gasteiger partial charge in [-0.25, -0.2) is 0 Å². The first-order valence-electron chi connectivity index (χ1n) is 8.61. The fourth-order valence-electron chi connectivity index (χ4n) is 3.12. The minimum absolute atomic E-state index is 0.574. The van der Waals surface area contributed by atoms with Crippen LogP contribution in [0.4, 0.5) is 0 Å². The Kier molecular flexibility index (Phi) is 5.33. The number of aldehydes is 1. The molecule has 0 atom stereocenters. The molecule has 0 aliphatic carbocycles. The second-order valence-electron chi connectivity index (χ2n) is 6.29. The Balaban J connectivity index is 1.98. The summed E-state index contributed by atoms with van der Waals surface area (Å²) in [5, 5.41) is 0. The lowest BCUT2D eigenvalue weighted by molar-refractivity contribution is 0.112. The molecule has 2 nitrogen and oxygen atoms in total. The Morgan fingerprint density at radius 2 is 1.54 bits per heavy atom. The van der Waals surface area contributed by atoms with Crippen LogP contribution in [0.3, 0.4) is 0 Å². The molecule has 0 fully saturated rings. The van der Waals surface area contributed by atoms with E-state index in [1.54, 1.807) is 7.11 Å². The maximum absolute atomic E-state index is 11.1. The zero-order valence-corrected chi connectivity index (χ0v) is 15.3. The molecule has 3 aromatic carbocycles. The maximum Gasteiger partial charge on any atom is 0.153 e. The first kappa shape index (κ1) is 17.7. The van der Waals surface area contributed by atoms with Crippen LogP contribution in [0, 0.1) is 13.8 Å². The Morgan fingerprint density at radius 1 is 0.808 bits per heavy atom. The summed E-state index contributed by atoms with van der Waals surface area (Å²) in [6.45, 7) is 4.14. The van der Waals surface area contributed by atoms with E-state index in [1.807, 2.05) is 25.1 Å². The van der Waals surface area contributed by atoms with Crippen LogP contribution in [0.5, 0.6) is 5.75 Å². The summed E-state index contributed by atoms with van der Waals surface area (Å²) in [6, 6.07) is 20.5. The molecule has 0 aliphatic rings. The van der Waals surface area contributed by atoms with Gasteiger partial charge in [0, 0.05) is 0 Å². The van der Waals surface area contributed by atoms with Crippen molar-refractivity contribution >= 4 is 18.4 Å². The van der Waals surface area contributed by atoms with Crippen molar-refractivity contribution in [1.29, 1.82) is 0 Å². The highest BCUT2D eigenvalue weighted by atomic mass is 16.5. The number of benzene rings is 3. The van der Waals surface area contributed by atoms with E-state index in [0.29, 0.717) is 11.3 Å². The van der Waals surface area contributed by atoms with Gasteiger partial charge in [-0.1, -0.05) is 60.7 Å². The van der Waals surface area contributed by atoms with Gasteiger partial charge >= 0.3 is 0 Å². The van der Waals surface area contributed by atoms with Gasteiger partial charge in [-0.15, -0.1) is 0 Å². The predicted molar refractivity (Wildman–Crippen MR) is 109 cm³/mol. The molecule has 0 bridgehead atoms. The van der Waals surface area contributed by atoms with E-state index in [0.717, 1.165) is 17.4 Å². The summed E-state index contributed by atoms with van der Waals surface area (Å²) >= 11 is 0. The molecule has 26 heavy (non-hydrogen) atoms. The van der Waals surface area contributed by atoms with E-state index in [2.05, 4.69) is 61.5 Å². The molecule has 0 aliphatic heterocycles. The molecule has 0 saturated carbocycles. The number of hydrogen-bond acceptors (Lipinski definition) is 2. The van der Waals surface area contributed by atoms with E-state index >= 15 is 0 Å². The van der Waals surface area contributed by atoms with E-state index in [1.165, 1.54) is 22.3 Å². The molecule has 0 amide bonds. The van der Waals surface area contributed by atoms with Crippen molar-refractivity contribution < 1.29 is 9.53 Å². The third-order valence-corrected chi connectivity index (χ3v) is 4.65. The number of carbonyl (C=O) groups excluding carboxylic acids is 1. The molecule has 2 heteroatoms. The van der Waals surface area contributed by atoms with Gasteiger partial charge in [0.2, 0.25) is 0 Å². The number of methoxy groups -OCH3 is 1. The quantitative estimate of drug-likeness (QED) is 0.422. The van der Waals surface area contributed by atoms with Crippen LogP contribution in [0.2, 0.25) is 0 Å². The van der Waals surface area contributed by atoms with E-state index < -0.39 is 0 Å². The van der Waals surface area contributed by atoms with Crippen molar-refractivity contribution in [1.82, 2.24) is 0 Å². The van der Waals surface area contributed by atoms with Crippen molar-refractivity contribution in [2.24, 2.45) is 0 Å². The van der Waals surface area contributed by atoms with Gasteiger partial charge in [-0.3, -0.25) is 4.79 Å². The van der Waals surface area contributed by atoms with E-state index in [-0.39, 0.29) is 0 Å². The van der Waals surface area contributed by atoms with E-state index in [4.69, 9.17) is 4.74 Å². The summed E-state index contributed by atoms with van der Waals surface area (Å²) in [5.41, 5.74) is 7.52. The molecule has 3 aromatic rings. The topological polar surface area (TPSA) is 26.3 Å². The van der Waals surface area contributed by atoms with Crippen molar-refractivity contribution in [2.75, 3.05) is 7.11 Å². The summed E-state index contributed by atoms with van der Waals surface area (Å²) in [4.78, 5) is 11.1. The lowest BCUT2D eigenvalue weighted by Gasteiger charge is -2.10. The molecule has 3 rings (SSSR count). The highest BCUT2D eigenvalue weighted by Crippen LogP contribution is 2.28. The summed E-state index contributed by atoms with van der Waals surface area (Å²) < 4.78 is 5.32. The molecule has 0 spiro atoms. The normalized spacial score (nSPS) is 10.9. The van der Waals surface area contributed by atoms with Crippen molar-refractivity contribution in [2.45, 2.75) is 13.8 Å². The first-order chi connectivity index (χ1) is 12.6. The van der Waals surface area contributed by atoms with Crippen LogP contribution in [-0.2, 0) is 0 Å². The molecule has 0 radical (unpaired) electrons. The van der Waals surface area contributed by atoms with E-state index in [9.17, 15) is 4.79 Å². The molecular formula is C24H22O2. The molecular weight excluding hydrogens is 320 g/mol. The first-order valence-corrected chi connectivity index (χ1v) is 8.61. The molecule has 0 N–H and O–H groups in total. The number of aryl methyl sites for hydroxylation is 1. The smallest absolute Gasteiger partial charge is 0.153 e. The SMILES string of the molecule is COc1cc(/C=C/c2cccc(-c3ccccc3)c2C)c(C)cc1C=O. The predicted octanol–water partition coefficient (Wildman–Crippen LogP) is 5.96. The number of ether oxygens (including phenoxy) is 1. The Hall–Kier alpha value is -3.13. The van der Waals surface area contributed by atoms with Gasteiger partial charge in [0.15, 0.2) is 6.29 Å². The van der Waals surface area contributed by atoms with Gasteiger partial charge in [0.05, 0.1) is 12.7 Å². The van der Waals surface area contributed by atoms with Crippen LogP contribution < -0.4 is 4.74 Å². The van der Waals surface area contributed by atoms with Crippen LogP contribution >= 0.6 is 0 Å². The van der Waals surface area contributed by atoms with Crippen molar-refractivity contribution in [3.8, 4) is 16.9 Å². The van der Waals surface area contributed by atoms with Crippen LogP contribution in [-0.4, -0.2) is 13.4 Å². The van der Waals surface area contributed by atoms with Gasteiger partial charge in [-0.2, -0.15) is 0 Å². The number of hydrogen-bond donors (Lipinski definition) is 0. The molecule has 0 aromatic heterocycles. The summed E-state index contributed by atoms with van der Waals surface area (Å²) in [5.74, 6) is 0.597. The number of rotatable bonds is 5. The summed E-state index contributed by atoms with van der Waals surface area (Å²) in [7, 11) is 1.58. The zero-order chi connectivity index (χ0) is 18.5. The lowest BCUT2D eigenvalue weighted by atomic mass is 9.95. The lowest BCUT2D eigenvalue weighted by Crippen LogP contribution is -1.93. The minimum atomic E-state index is 0.574. The zero-order valence-electron chi connectivity index (χ0n) is 15.3. The van der Waals surface area contributed by atoms with Gasteiger partial charge < -0.3 is 4.74 Å². The molecule has 130 valence electrons. The van der Waals surface area contributed by atoms with Gasteiger partial charge in [0.25, 0.3) is 0 Å². The third-order valence-electron chi connectivity index (χ3n) is 4.65. The summed E-state index contributed by atoms with van der Waals surface area (Å²) in [6.07, 6.45) is 5.01. The van der Waals surface area contributed by atoms with Crippen molar-refractivity contribution in [3.05, 3.63) is 88.5 Å².